The predicted octanol–water partition coefficient (Wildman–Crippen LogP) is 2.51. The molecule has 2 N–H and O–H groups in total. The Morgan fingerprint density at radius 1 is 1.11 bits per heavy atom. The quantitative estimate of drug-likeness (QED) is 0.793. The smallest absolute Gasteiger partial charge is 0.251 e. The zero-order chi connectivity index (χ0) is 19.1. The van der Waals surface area contributed by atoms with E-state index in [2.05, 4.69) is 39.8 Å². The van der Waals surface area contributed by atoms with Gasteiger partial charge in [0.25, 0.3) is 5.91 Å². The van der Waals surface area contributed by atoms with Gasteiger partial charge in [0, 0.05) is 44.2 Å². The highest BCUT2D eigenvalue weighted by molar-refractivity contribution is 5.94. The zero-order valence-corrected chi connectivity index (χ0v) is 15.8. The minimum Gasteiger partial charge on any atom is -0.352 e. The summed E-state index contributed by atoms with van der Waals surface area (Å²) in [5.41, 5.74) is 2.97. The van der Waals surface area contributed by atoms with Gasteiger partial charge in [0.15, 0.2) is 0 Å². The van der Waals surface area contributed by atoms with Gasteiger partial charge in [0.05, 0.1) is 0 Å². The number of amides is 2. The van der Waals surface area contributed by atoms with Crippen LogP contribution in [0.4, 0.5) is 0 Å². The summed E-state index contributed by atoms with van der Waals surface area (Å²) in [6.07, 6.45) is 1.26. The predicted molar refractivity (Wildman–Crippen MR) is 106 cm³/mol. The van der Waals surface area contributed by atoms with Gasteiger partial charge in [-0.2, -0.15) is 0 Å². The molecule has 2 amide bonds. The highest BCUT2D eigenvalue weighted by Gasteiger charge is 2.23. The number of aryl methyl sites for hydroxylation is 1. The fraction of sp³-hybridized carbons (Fsp3) is 0.364. The summed E-state index contributed by atoms with van der Waals surface area (Å²) in [5, 5.41) is 5.90. The molecule has 0 saturated carbocycles. The monoisotopic (exact) mass is 365 g/mol. The zero-order valence-electron chi connectivity index (χ0n) is 15.8. The van der Waals surface area contributed by atoms with Crippen LogP contribution >= 0.6 is 0 Å². The van der Waals surface area contributed by atoms with Crippen LogP contribution in [0.3, 0.4) is 0 Å². The van der Waals surface area contributed by atoms with E-state index in [1.165, 1.54) is 5.56 Å². The van der Waals surface area contributed by atoms with Crippen molar-refractivity contribution in [2.75, 3.05) is 19.6 Å². The van der Waals surface area contributed by atoms with Crippen molar-refractivity contribution in [3.63, 3.8) is 0 Å². The van der Waals surface area contributed by atoms with E-state index >= 15 is 0 Å². The molecule has 2 aromatic rings. The first-order valence-corrected chi connectivity index (χ1v) is 9.50. The Hall–Kier alpha value is -2.66. The number of hydrogen-bond donors (Lipinski definition) is 2. The second-order valence-corrected chi connectivity index (χ2v) is 7.15. The van der Waals surface area contributed by atoms with Gasteiger partial charge in [0.1, 0.15) is 0 Å². The maximum Gasteiger partial charge on any atom is 0.251 e. The van der Waals surface area contributed by atoms with E-state index in [-0.39, 0.29) is 17.9 Å². The van der Waals surface area contributed by atoms with Crippen molar-refractivity contribution in [1.29, 1.82) is 0 Å². The largest absolute Gasteiger partial charge is 0.352 e. The van der Waals surface area contributed by atoms with E-state index in [1.807, 2.05) is 31.2 Å². The molecular weight excluding hydrogens is 338 g/mol. The molecule has 0 bridgehead atoms. The van der Waals surface area contributed by atoms with Gasteiger partial charge >= 0.3 is 0 Å². The molecule has 27 heavy (non-hydrogen) atoms. The molecule has 0 aliphatic carbocycles. The van der Waals surface area contributed by atoms with Crippen LogP contribution in [-0.2, 0) is 11.3 Å². The van der Waals surface area contributed by atoms with Gasteiger partial charge in [-0.3, -0.25) is 14.5 Å². The lowest BCUT2D eigenvalue weighted by molar-refractivity contribution is -0.121. The van der Waals surface area contributed by atoms with E-state index in [9.17, 15) is 9.59 Å². The molecule has 142 valence electrons. The standard InChI is InChI=1S/C22H27N3O2/c1-17-6-5-9-19(14-17)22(27)23-12-10-21(26)24-20-11-13-25(16-20)15-18-7-3-2-4-8-18/h2-9,14,20H,10-13,15-16H2,1H3,(H,23,27)(H,24,26). The molecule has 5 nitrogen and oxygen atoms in total. The number of nitrogens with one attached hydrogen (secondary N) is 2. The van der Waals surface area contributed by atoms with Crippen molar-refractivity contribution in [2.24, 2.45) is 0 Å². The number of carbonyl (C=O) groups excluding carboxylic acids is 2. The number of benzene rings is 2. The number of hydrogen-bond acceptors (Lipinski definition) is 3. The van der Waals surface area contributed by atoms with Crippen LogP contribution in [0, 0.1) is 6.92 Å². The molecule has 2 aromatic carbocycles. The van der Waals surface area contributed by atoms with E-state index in [4.69, 9.17) is 0 Å². The first kappa shape index (κ1) is 19.1. The molecule has 5 heteroatoms. The van der Waals surface area contributed by atoms with Gasteiger partial charge in [-0.05, 0) is 31.0 Å². The van der Waals surface area contributed by atoms with Crippen LogP contribution in [0.25, 0.3) is 0 Å². The number of likely N-dealkylation sites (tertiary alicyclic amines) is 1. The van der Waals surface area contributed by atoms with Crippen LogP contribution in [0.5, 0.6) is 0 Å². The van der Waals surface area contributed by atoms with Crippen molar-refractivity contribution in [2.45, 2.75) is 32.4 Å². The average molecular weight is 365 g/mol. The van der Waals surface area contributed by atoms with Crippen LogP contribution in [0.2, 0.25) is 0 Å². The number of rotatable bonds is 7. The van der Waals surface area contributed by atoms with E-state index in [0.717, 1.165) is 31.6 Å². The van der Waals surface area contributed by atoms with E-state index in [1.54, 1.807) is 6.07 Å². The Bertz CT molecular complexity index is 776. The van der Waals surface area contributed by atoms with Gasteiger partial charge in [-0.25, -0.2) is 0 Å². The van der Waals surface area contributed by atoms with Crippen LogP contribution < -0.4 is 10.6 Å². The summed E-state index contributed by atoms with van der Waals surface area (Å²) >= 11 is 0. The Morgan fingerprint density at radius 2 is 1.93 bits per heavy atom. The van der Waals surface area contributed by atoms with Crippen molar-refractivity contribution < 1.29 is 9.59 Å². The second-order valence-electron chi connectivity index (χ2n) is 7.15. The SMILES string of the molecule is Cc1cccc(C(=O)NCCC(=O)NC2CCN(Cc3ccccc3)C2)c1. The minimum absolute atomic E-state index is 0.00824. The summed E-state index contributed by atoms with van der Waals surface area (Å²) in [7, 11) is 0. The summed E-state index contributed by atoms with van der Waals surface area (Å²) in [6.45, 7) is 5.08. The third-order valence-corrected chi connectivity index (χ3v) is 4.80. The molecule has 0 spiro atoms. The highest BCUT2D eigenvalue weighted by atomic mass is 16.2. The highest BCUT2D eigenvalue weighted by Crippen LogP contribution is 2.13. The van der Waals surface area contributed by atoms with Crippen LogP contribution in [-0.4, -0.2) is 42.4 Å². The molecule has 1 atom stereocenters. The second kappa shape index (κ2) is 9.33. The van der Waals surface area contributed by atoms with Crippen molar-refractivity contribution in [3.8, 4) is 0 Å². The van der Waals surface area contributed by atoms with Gasteiger partial charge in [-0.15, -0.1) is 0 Å². The third kappa shape index (κ3) is 5.93. The van der Waals surface area contributed by atoms with Gasteiger partial charge in [-0.1, -0.05) is 48.0 Å². The maximum absolute atomic E-state index is 12.2. The Labute approximate surface area is 160 Å². The summed E-state index contributed by atoms with van der Waals surface area (Å²) in [5.74, 6) is -0.146. The number of nitrogens with zero attached hydrogens (tertiary/aromatic N) is 1. The molecule has 1 aliphatic rings. The molecule has 1 heterocycles. The van der Waals surface area contributed by atoms with E-state index in [0.29, 0.717) is 18.5 Å². The molecule has 1 aliphatic heterocycles. The average Bonchev–Trinajstić information content (AvgIpc) is 3.09. The third-order valence-electron chi connectivity index (χ3n) is 4.80. The summed E-state index contributed by atoms with van der Waals surface area (Å²) < 4.78 is 0. The van der Waals surface area contributed by atoms with E-state index < -0.39 is 0 Å². The normalized spacial score (nSPS) is 16.9. The lowest BCUT2D eigenvalue weighted by Gasteiger charge is -2.17. The van der Waals surface area contributed by atoms with Crippen molar-refractivity contribution in [3.05, 3.63) is 71.3 Å². The Kier molecular flexibility index (Phi) is 6.60. The fourth-order valence-corrected chi connectivity index (χ4v) is 3.41. The minimum atomic E-state index is -0.138. The van der Waals surface area contributed by atoms with Crippen LogP contribution in [0.15, 0.2) is 54.6 Å². The summed E-state index contributed by atoms with van der Waals surface area (Å²) in [4.78, 5) is 26.6. The van der Waals surface area contributed by atoms with Crippen molar-refractivity contribution in [1.82, 2.24) is 15.5 Å². The van der Waals surface area contributed by atoms with Crippen LogP contribution in [0.1, 0.15) is 34.3 Å². The molecule has 3 rings (SSSR count). The lowest BCUT2D eigenvalue weighted by Crippen LogP contribution is -2.38. The topological polar surface area (TPSA) is 61.4 Å². The first-order valence-electron chi connectivity index (χ1n) is 9.50. The molecular formula is C22H27N3O2. The molecule has 1 saturated heterocycles. The summed E-state index contributed by atoms with van der Waals surface area (Å²) in [6, 6.07) is 18.0. The Morgan fingerprint density at radius 3 is 2.70 bits per heavy atom. The molecule has 1 unspecified atom stereocenters. The Balaban J connectivity index is 1.35. The molecule has 1 fully saturated rings. The van der Waals surface area contributed by atoms with Gasteiger partial charge < -0.3 is 10.6 Å². The first-order chi connectivity index (χ1) is 13.1. The maximum atomic E-state index is 12.2. The molecule has 0 aromatic heterocycles. The number of carbonyl (C=O) groups is 2. The lowest BCUT2D eigenvalue weighted by atomic mass is 10.1. The van der Waals surface area contributed by atoms with Crippen molar-refractivity contribution >= 4 is 11.8 Å². The van der Waals surface area contributed by atoms with Gasteiger partial charge in [0.2, 0.25) is 5.91 Å². The molecule has 0 radical (unpaired) electrons. The fourth-order valence-electron chi connectivity index (χ4n) is 3.41.